The molecule has 8 nitrogen and oxygen atoms in total. The summed E-state index contributed by atoms with van der Waals surface area (Å²) >= 11 is 2.61. The van der Waals surface area contributed by atoms with Crippen LogP contribution in [0.1, 0.15) is 32.4 Å². The lowest BCUT2D eigenvalue weighted by atomic mass is 9.94. The quantitative estimate of drug-likeness (QED) is 0.288. The average molecular weight is 599 g/mol. The summed E-state index contributed by atoms with van der Waals surface area (Å²) in [5.74, 6) is -0.973. The number of hydrogen-bond acceptors (Lipinski definition) is 8. The number of thioether (sulfide) groups is 1. The van der Waals surface area contributed by atoms with E-state index in [1.54, 1.807) is 53.8 Å². The Morgan fingerprint density at radius 3 is 2.44 bits per heavy atom. The van der Waals surface area contributed by atoms with Crippen LogP contribution >= 0.6 is 23.1 Å². The van der Waals surface area contributed by atoms with Crippen LogP contribution in [0, 0.1) is 5.92 Å². The number of imide groups is 1. The van der Waals surface area contributed by atoms with Crippen LogP contribution in [0.15, 0.2) is 111 Å². The van der Waals surface area contributed by atoms with Crippen molar-refractivity contribution in [2.75, 3.05) is 10.8 Å². The number of fused-ring (bicyclic) bond motifs is 3. The Labute approximate surface area is 245 Å². The molecule has 2 aliphatic heterocycles. The molecule has 2 atom stereocenters. The SMILES string of the molecule is O=C1CS/C(=N/S(=O)(=O)c2ccc(N3N=C4c5ccccc5CC4C3c3cccs3)cc2)N1C(=O)c1ccccc1. The molecule has 4 aromatic rings. The van der Waals surface area contributed by atoms with Crippen LogP contribution in [0.25, 0.3) is 0 Å². The van der Waals surface area contributed by atoms with Gasteiger partial charge in [0.15, 0.2) is 5.17 Å². The fourth-order valence-electron chi connectivity index (χ4n) is 5.48. The number of carbonyl (C=O) groups excluding carboxylic acids is 2. The highest BCUT2D eigenvalue weighted by molar-refractivity contribution is 8.15. The molecule has 11 heteroatoms. The van der Waals surface area contributed by atoms with Crippen LogP contribution in [0.2, 0.25) is 0 Å². The molecule has 0 bridgehead atoms. The minimum absolute atomic E-state index is 0.00133. The topological polar surface area (TPSA) is 99.5 Å². The van der Waals surface area contributed by atoms with Gasteiger partial charge in [-0.25, -0.2) is 4.90 Å². The number of rotatable bonds is 5. The first-order chi connectivity index (χ1) is 19.9. The van der Waals surface area contributed by atoms with Gasteiger partial charge in [-0.3, -0.25) is 14.6 Å². The van der Waals surface area contributed by atoms with E-state index in [1.807, 2.05) is 17.1 Å². The second-order valence-corrected chi connectivity index (χ2v) is 13.3. The Hall–Kier alpha value is -4.06. The predicted molar refractivity (Wildman–Crippen MR) is 161 cm³/mol. The molecule has 2 unspecified atom stereocenters. The van der Waals surface area contributed by atoms with Gasteiger partial charge in [0.05, 0.1) is 28.1 Å². The Balaban J connectivity index is 1.19. The molecule has 3 aromatic carbocycles. The van der Waals surface area contributed by atoms with E-state index in [4.69, 9.17) is 5.10 Å². The third-order valence-electron chi connectivity index (χ3n) is 7.37. The molecular weight excluding hydrogens is 577 g/mol. The Morgan fingerprint density at radius 2 is 1.68 bits per heavy atom. The van der Waals surface area contributed by atoms with Crippen LogP contribution in [0.5, 0.6) is 0 Å². The molecule has 7 rings (SSSR count). The van der Waals surface area contributed by atoms with Crippen molar-refractivity contribution >= 4 is 61.5 Å². The zero-order valence-electron chi connectivity index (χ0n) is 21.5. The smallest absolute Gasteiger partial charge is 0.273 e. The summed E-state index contributed by atoms with van der Waals surface area (Å²) in [7, 11) is -4.20. The zero-order chi connectivity index (χ0) is 28.1. The van der Waals surface area contributed by atoms with E-state index in [1.165, 1.54) is 22.6 Å². The molecule has 0 spiro atoms. The lowest BCUT2D eigenvalue weighted by Crippen LogP contribution is -2.36. The highest BCUT2D eigenvalue weighted by Gasteiger charge is 2.44. The summed E-state index contributed by atoms with van der Waals surface area (Å²) in [4.78, 5) is 27.5. The van der Waals surface area contributed by atoms with Gasteiger partial charge in [0.25, 0.3) is 15.9 Å². The molecular formula is C30H22N4O4S3. The molecule has 0 N–H and O–H groups in total. The van der Waals surface area contributed by atoms with Gasteiger partial charge < -0.3 is 0 Å². The van der Waals surface area contributed by atoms with Crippen molar-refractivity contribution in [1.82, 2.24) is 4.90 Å². The molecule has 1 fully saturated rings. The molecule has 3 heterocycles. The third-order valence-corrected chi connectivity index (χ3v) is 10.6. The summed E-state index contributed by atoms with van der Waals surface area (Å²) in [5.41, 5.74) is 4.54. The number of benzene rings is 3. The zero-order valence-corrected chi connectivity index (χ0v) is 23.9. The number of sulfonamides is 1. The number of amidine groups is 1. The Kier molecular flexibility index (Phi) is 6.37. The van der Waals surface area contributed by atoms with Crippen molar-refractivity contribution in [2.24, 2.45) is 15.4 Å². The molecule has 1 aromatic heterocycles. The van der Waals surface area contributed by atoms with E-state index in [0.717, 1.165) is 40.0 Å². The molecule has 1 saturated heterocycles. The maximum Gasteiger partial charge on any atom is 0.284 e. The fraction of sp³-hybridized carbons (Fsp3) is 0.133. The number of hydrogen-bond donors (Lipinski definition) is 0. The molecule has 204 valence electrons. The van der Waals surface area contributed by atoms with Gasteiger partial charge in [-0.1, -0.05) is 60.3 Å². The van der Waals surface area contributed by atoms with Gasteiger partial charge in [0.1, 0.15) is 0 Å². The average Bonchev–Trinajstić information content (AvgIpc) is 3.77. The number of amides is 2. The number of thiophene rings is 1. The van der Waals surface area contributed by atoms with E-state index in [2.05, 4.69) is 34.0 Å². The van der Waals surface area contributed by atoms with Crippen LogP contribution in [0.4, 0.5) is 5.69 Å². The van der Waals surface area contributed by atoms with E-state index >= 15 is 0 Å². The van der Waals surface area contributed by atoms with Crippen molar-refractivity contribution in [3.05, 3.63) is 118 Å². The number of anilines is 1. The second kappa shape index (κ2) is 10.1. The minimum Gasteiger partial charge on any atom is -0.273 e. The van der Waals surface area contributed by atoms with E-state index in [9.17, 15) is 18.0 Å². The third kappa shape index (κ3) is 4.50. The standard InChI is InChI=1S/C30H22N4O4S3/c35-26-18-40-30(33(26)29(36)19-7-2-1-3-8-19)32-41(37,38)22-14-12-21(13-15-22)34-28(25-11-6-16-39-25)24-17-20-9-4-5-10-23(20)27(24)31-34/h1-16,24,28H,17-18H2/b32-30+. The predicted octanol–water partition coefficient (Wildman–Crippen LogP) is 5.35. The van der Waals surface area contributed by atoms with Gasteiger partial charge in [-0.2, -0.15) is 13.5 Å². The lowest BCUT2D eigenvalue weighted by molar-refractivity contribution is -0.122. The maximum atomic E-state index is 13.3. The number of hydrazone groups is 1. The highest BCUT2D eigenvalue weighted by atomic mass is 32.2. The van der Waals surface area contributed by atoms with Crippen molar-refractivity contribution in [3.8, 4) is 0 Å². The van der Waals surface area contributed by atoms with Gasteiger partial charge in [-0.05, 0) is 59.8 Å². The monoisotopic (exact) mass is 598 g/mol. The Bertz CT molecular complexity index is 1840. The van der Waals surface area contributed by atoms with Crippen LogP contribution in [-0.2, 0) is 21.2 Å². The first-order valence-corrected chi connectivity index (χ1v) is 16.2. The lowest BCUT2D eigenvalue weighted by Gasteiger charge is -2.26. The first-order valence-electron chi connectivity index (χ1n) is 12.9. The molecule has 0 radical (unpaired) electrons. The summed E-state index contributed by atoms with van der Waals surface area (Å²) in [6, 6.07) is 27.2. The number of nitrogens with zero attached hydrogens (tertiary/aromatic N) is 4. The second-order valence-electron chi connectivity index (χ2n) is 9.79. The van der Waals surface area contributed by atoms with E-state index < -0.39 is 21.8 Å². The van der Waals surface area contributed by atoms with Gasteiger partial charge in [-0.15, -0.1) is 15.7 Å². The normalized spacial score (nSPS) is 20.8. The summed E-state index contributed by atoms with van der Waals surface area (Å²) in [5, 5.41) is 8.92. The Morgan fingerprint density at radius 1 is 0.927 bits per heavy atom. The summed E-state index contributed by atoms with van der Waals surface area (Å²) in [6.07, 6.45) is 0.895. The highest BCUT2D eigenvalue weighted by Crippen LogP contribution is 2.47. The number of carbonyl (C=O) groups is 2. The van der Waals surface area contributed by atoms with Crippen LogP contribution in [-0.4, -0.2) is 41.8 Å². The first kappa shape index (κ1) is 25.9. The molecule has 41 heavy (non-hydrogen) atoms. The molecule has 2 amide bonds. The molecule has 1 aliphatic carbocycles. The van der Waals surface area contributed by atoms with Crippen molar-refractivity contribution < 1.29 is 18.0 Å². The fourth-order valence-corrected chi connectivity index (χ4v) is 8.43. The van der Waals surface area contributed by atoms with Crippen LogP contribution in [0.3, 0.4) is 0 Å². The van der Waals surface area contributed by atoms with E-state index in [0.29, 0.717) is 0 Å². The van der Waals surface area contributed by atoms with Crippen molar-refractivity contribution in [2.45, 2.75) is 17.4 Å². The van der Waals surface area contributed by atoms with Crippen molar-refractivity contribution in [3.63, 3.8) is 0 Å². The van der Waals surface area contributed by atoms with Gasteiger partial charge in [0.2, 0.25) is 5.91 Å². The molecule has 0 saturated carbocycles. The minimum atomic E-state index is -4.20. The summed E-state index contributed by atoms with van der Waals surface area (Å²) in [6.45, 7) is 0. The van der Waals surface area contributed by atoms with Gasteiger partial charge in [0, 0.05) is 21.9 Å². The largest absolute Gasteiger partial charge is 0.284 e. The van der Waals surface area contributed by atoms with Crippen LogP contribution < -0.4 is 5.01 Å². The van der Waals surface area contributed by atoms with E-state index in [-0.39, 0.29) is 33.3 Å². The van der Waals surface area contributed by atoms with Gasteiger partial charge >= 0.3 is 0 Å². The molecule has 3 aliphatic rings. The summed E-state index contributed by atoms with van der Waals surface area (Å²) < 4.78 is 30.5. The van der Waals surface area contributed by atoms with Crippen molar-refractivity contribution in [1.29, 1.82) is 0 Å². The maximum absolute atomic E-state index is 13.3.